The van der Waals surface area contributed by atoms with Crippen molar-refractivity contribution in [3.05, 3.63) is 59.1 Å². The number of aryl methyl sites for hydroxylation is 1. The zero-order chi connectivity index (χ0) is 24.6. The summed E-state index contributed by atoms with van der Waals surface area (Å²) in [6, 6.07) is 10.4. The Hall–Kier alpha value is -3.64. The molecular weight excluding hydrogens is 470 g/mol. The number of carbonyl (C=O) groups is 2. The van der Waals surface area contributed by atoms with Gasteiger partial charge in [0.25, 0.3) is 21.9 Å². The molecule has 0 saturated carbocycles. The molecule has 0 fully saturated rings. The zero-order valence-corrected chi connectivity index (χ0v) is 19.9. The van der Waals surface area contributed by atoms with Gasteiger partial charge in [-0.2, -0.15) is 0 Å². The normalized spacial score (nSPS) is 10.4. The average molecular weight is 494 g/mol. The van der Waals surface area contributed by atoms with Gasteiger partial charge in [-0.25, -0.2) is 13.4 Å². The van der Waals surface area contributed by atoms with Gasteiger partial charge in [0.2, 0.25) is 0 Å². The van der Waals surface area contributed by atoms with Gasteiger partial charge in [-0.15, -0.1) is 11.3 Å². The van der Waals surface area contributed by atoms with E-state index in [1.165, 1.54) is 49.8 Å². The first kappa shape index (κ1) is 25.6. The number of nitrogens with zero attached hydrogens (tertiary/aromatic N) is 1. The van der Waals surface area contributed by atoms with Crippen LogP contribution in [0.15, 0.2) is 52.7 Å². The Morgan fingerprint density at radius 3 is 2.21 bits per heavy atom. The Bertz CT molecular complexity index is 1220. The highest BCUT2D eigenvalue weighted by molar-refractivity contribution is 7.92. The van der Waals surface area contributed by atoms with Crippen molar-refractivity contribution in [1.82, 2.24) is 4.98 Å². The van der Waals surface area contributed by atoms with Gasteiger partial charge >= 0.3 is 0 Å². The fourth-order valence-corrected chi connectivity index (χ4v) is 4.21. The molecule has 1 heterocycles. The third-order valence-electron chi connectivity index (χ3n) is 3.92. The molecule has 0 radical (unpaired) electrons. The van der Waals surface area contributed by atoms with Crippen LogP contribution in [0.1, 0.15) is 23.0 Å². The van der Waals surface area contributed by atoms with E-state index in [2.05, 4.69) is 15.0 Å². The summed E-state index contributed by atoms with van der Waals surface area (Å²) >= 11 is 1.31. The van der Waals surface area contributed by atoms with Crippen molar-refractivity contribution in [2.45, 2.75) is 18.7 Å². The number of aliphatic carboxylic acids is 1. The molecule has 0 aliphatic heterocycles. The number of sulfonamides is 1. The van der Waals surface area contributed by atoms with E-state index in [0.717, 1.165) is 12.6 Å². The molecule has 176 valence electrons. The lowest BCUT2D eigenvalue weighted by molar-refractivity contribution is -0.134. The van der Waals surface area contributed by atoms with Gasteiger partial charge in [-0.1, -0.05) is 0 Å². The van der Waals surface area contributed by atoms with E-state index in [0.29, 0.717) is 10.9 Å². The van der Waals surface area contributed by atoms with Crippen LogP contribution in [0.2, 0.25) is 0 Å². The second-order valence-electron chi connectivity index (χ2n) is 6.46. The summed E-state index contributed by atoms with van der Waals surface area (Å²) in [6.07, 6.45) is 0. The molecule has 3 rings (SSSR count). The van der Waals surface area contributed by atoms with Crippen LogP contribution in [0, 0.1) is 6.92 Å². The highest BCUT2D eigenvalue weighted by atomic mass is 32.2. The molecule has 0 bridgehead atoms. The highest BCUT2D eigenvalue weighted by Gasteiger charge is 2.19. The van der Waals surface area contributed by atoms with E-state index in [1.807, 2.05) is 12.3 Å². The summed E-state index contributed by atoms with van der Waals surface area (Å²) in [7, 11) is -0.985. The molecule has 0 saturated heterocycles. The van der Waals surface area contributed by atoms with Crippen molar-refractivity contribution in [3.8, 4) is 11.5 Å². The number of nitrogens with one attached hydrogen (secondary N) is 2. The second-order valence-corrected chi connectivity index (χ2v) is 9.00. The van der Waals surface area contributed by atoms with Crippen LogP contribution in [0.3, 0.4) is 0 Å². The Morgan fingerprint density at radius 2 is 1.70 bits per heavy atom. The van der Waals surface area contributed by atoms with Crippen LogP contribution in [-0.4, -0.2) is 44.6 Å². The third-order valence-corrected chi connectivity index (χ3v) is 6.17. The quantitative estimate of drug-likeness (QED) is 0.453. The van der Waals surface area contributed by atoms with Crippen molar-refractivity contribution in [2.24, 2.45) is 0 Å². The minimum absolute atomic E-state index is 0.0495. The van der Waals surface area contributed by atoms with E-state index >= 15 is 0 Å². The van der Waals surface area contributed by atoms with Crippen LogP contribution in [-0.2, 0) is 14.8 Å². The van der Waals surface area contributed by atoms with Gasteiger partial charge in [-0.05, 0) is 49.4 Å². The summed E-state index contributed by atoms with van der Waals surface area (Å²) in [4.78, 5) is 25.7. The van der Waals surface area contributed by atoms with E-state index in [9.17, 15) is 13.2 Å². The molecule has 2 aromatic carbocycles. The number of anilines is 2. The van der Waals surface area contributed by atoms with Gasteiger partial charge in [-0.3, -0.25) is 19.6 Å². The lowest BCUT2D eigenvalue weighted by Gasteiger charge is -2.13. The maximum atomic E-state index is 12.7. The van der Waals surface area contributed by atoms with Crippen molar-refractivity contribution in [1.29, 1.82) is 0 Å². The van der Waals surface area contributed by atoms with Gasteiger partial charge in [0, 0.05) is 17.9 Å². The van der Waals surface area contributed by atoms with Gasteiger partial charge < -0.3 is 14.6 Å². The lowest BCUT2D eigenvalue weighted by Crippen LogP contribution is -2.16. The second kappa shape index (κ2) is 11.3. The SMILES string of the molecule is CC(=O)O.COc1ccc(S(=O)(=O)Nc2cc(C(=O)Nc3nc(C)cs3)ccc2OC)cc1. The Morgan fingerprint density at radius 1 is 1.06 bits per heavy atom. The molecule has 0 aliphatic rings. The predicted octanol–water partition coefficient (Wildman–Crippen LogP) is 3.61. The number of methoxy groups -OCH3 is 2. The molecule has 12 heteroatoms. The zero-order valence-electron chi connectivity index (χ0n) is 18.3. The molecule has 1 amide bonds. The summed E-state index contributed by atoms with van der Waals surface area (Å²) in [5, 5.41) is 12.4. The summed E-state index contributed by atoms with van der Waals surface area (Å²) in [5.74, 6) is -0.423. The molecular formula is C21H23N3O7S2. The standard InChI is InChI=1S/C19H19N3O5S2.C2H4O2/c1-12-11-28-19(20-12)21-18(23)13-4-9-17(27-3)16(10-13)22-29(24,25)15-7-5-14(26-2)6-8-15;1-2(3)4/h4-11,22H,1-3H3,(H,20,21,23);1H3,(H,3,4). The molecule has 0 spiro atoms. The summed E-state index contributed by atoms with van der Waals surface area (Å²) in [5.41, 5.74) is 1.20. The number of carboxylic acids is 1. The number of carboxylic acid groups (broad SMARTS) is 1. The average Bonchev–Trinajstić information content (AvgIpc) is 3.17. The number of amides is 1. The maximum absolute atomic E-state index is 12.7. The van der Waals surface area contributed by atoms with E-state index in [4.69, 9.17) is 19.4 Å². The number of hydrogen-bond acceptors (Lipinski definition) is 8. The van der Waals surface area contributed by atoms with Crippen molar-refractivity contribution in [2.75, 3.05) is 24.3 Å². The molecule has 0 aliphatic carbocycles. The van der Waals surface area contributed by atoms with E-state index in [-0.39, 0.29) is 21.9 Å². The molecule has 10 nitrogen and oxygen atoms in total. The minimum atomic E-state index is -3.90. The van der Waals surface area contributed by atoms with Crippen LogP contribution < -0.4 is 19.5 Å². The molecule has 0 unspecified atom stereocenters. The molecule has 0 atom stereocenters. The van der Waals surface area contributed by atoms with Gasteiger partial charge in [0.15, 0.2) is 5.13 Å². The lowest BCUT2D eigenvalue weighted by atomic mass is 10.2. The first-order valence-corrected chi connectivity index (χ1v) is 11.7. The molecule has 1 aromatic heterocycles. The van der Waals surface area contributed by atoms with Crippen molar-refractivity contribution in [3.63, 3.8) is 0 Å². The fourth-order valence-electron chi connectivity index (χ4n) is 2.47. The molecule has 33 heavy (non-hydrogen) atoms. The highest BCUT2D eigenvalue weighted by Crippen LogP contribution is 2.29. The van der Waals surface area contributed by atoms with Crippen molar-refractivity contribution >= 4 is 44.1 Å². The third kappa shape index (κ3) is 7.47. The Balaban J connectivity index is 0.000000890. The number of thiazole rings is 1. The number of aromatic nitrogens is 1. The number of hydrogen-bond donors (Lipinski definition) is 3. The number of benzene rings is 2. The molecule has 3 aromatic rings. The Labute approximate surface area is 195 Å². The molecule has 3 N–H and O–H groups in total. The number of rotatable bonds is 7. The van der Waals surface area contributed by atoms with Crippen LogP contribution in [0.25, 0.3) is 0 Å². The minimum Gasteiger partial charge on any atom is -0.497 e. The van der Waals surface area contributed by atoms with Crippen LogP contribution in [0.5, 0.6) is 11.5 Å². The first-order valence-electron chi connectivity index (χ1n) is 9.33. The van der Waals surface area contributed by atoms with Crippen LogP contribution in [0.4, 0.5) is 10.8 Å². The monoisotopic (exact) mass is 493 g/mol. The maximum Gasteiger partial charge on any atom is 0.300 e. The van der Waals surface area contributed by atoms with E-state index < -0.39 is 21.9 Å². The number of ether oxygens (including phenoxy) is 2. The topological polar surface area (TPSA) is 144 Å². The summed E-state index contributed by atoms with van der Waals surface area (Å²) < 4.78 is 38.2. The van der Waals surface area contributed by atoms with Gasteiger partial charge in [0.05, 0.1) is 30.5 Å². The van der Waals surface area contributed by atoms with Crippen molar-refractivity contribution < 1.29 is 32.6 Å². The summed E-state index contributed by atoms with van der Waals surface area (Å²) in [6.45, 7) is 2.91. The predicted molar refractivity (Wildman–Crippen MR) is 125 cm³/mol. The van der Waals surface area contributed by atoms with Gasteiger partial charge in [0.1, 0.15) is 11.5 Å². The van der Waals surface area contributed by atoms with Crippen LogP contribution >= 0.6 is 11.3 Å². The largest absolute Gasteiger partial charge is 0.497 e. The smallest absolute Gasteiger partial charge is 0.300 e. The first-order chi connectivity index (χ1) is 15.6. The Kier molecular flexibility index (Phi) is 8.77. The van der Waals surface area contributed by atoms with E-state index in [1.54, 1.807) is 18.2 Å². The number of carbonyl (C=O) groups excluding carboxylic acids is 1. The fraction of sp³-hybridized carbons (Fsp3) is 0.190.